The molecule has 0 aromatic heterocycles. The molecule has 0 aromatic rings. The van der Waals surface area contributed by atoms with Gasteiger partial charge in [-0.2, -0.15) is 0 Å². The Balaban J connectivity index is 1.82. The van der Waals surface area contributed by atoms with Crippen LogP contribution in [0.1, 0.15) is 39.5 Å². The van der Waals surface area contributed by atoms with Crippen LogP contribution in [-0.4, -0.2) is 54.2 Å². The predicted molar refractivity (Wildman–Crippen MR) is 81.8 cm³/mol. The molecule has 0 saturated carbocycles. The van der Waals surface area contributed by atoms with Crippen molar-refractivity contribution in [3.05, 3.63) is 0 Å². The third-order valence-electron chi connectivity index (χ3n) is 5.02. The summed E-state index contributed by atoms with van der Waals surface area (Å²) in [5.74, 6) is 0.0552. The van der Waals surface area contributed by atoms with Gasteiger partial charge >= 0.3 is 0 Å². The number of primary amides is 1. The molecule has 2 atom stereocenters. The maximum absolute atomic E-state index is 12.3. The van der Waals surface area contributed by atoms with Gasteiger partial charge in [-0.1, -0.05) is 0 Å². The fraction of sp³-hybridized carbons (Fsp3) is 0.875. The number of amides is 2. The van der Waals surface area contributed by atoms with Crippen LogP contribution in [0.3, 0.4) is 0 Å². The first-order chi connectivity index (χ1) is 10.3. The molecular formula is C16H28N2O4. The molecule has 126 valence electrons. The Hall–Kier alpha value is -1.14. The van der Waals surface area contributed by atoms with Crippen LogP contribution in [0, 0.1) is 17.3 Å². The standard InChI is InChI=1S/C16H28N2O4/c1-16(2,10-19)15(21)18-6-3-11(4-7-18)9-13-12(14(17)20)5-8-22-13/h11-13,19H,3-10H2,1-2H3,(H2,17,20)/t12-,13-/m1/s1. The van der Waals surface area contributed by atoms with Gasteiger partial charge in [0, 0.05) is 19.7 Å². The predicted octanol–water partition coefficient (Wildman–Crippen LogP) is 0.524. The molecule has 2 aliphatic heterocycles. The Kier molecular flexibility index (Phi) is 5.45. The Labute approximate surface area is 132 Å². The average molecular weight is 312 g/mol. The van der Waals surface area contributed by atoms with Crippen molar-refractivity contribution < 1.29 is 19.4 Å². The molecule has 2 rings (SSSR count). The van der Waals surface area contributed by atoms with Crippen molar-refractivity contribution in [2.75, 3.05) is 26.3 Å². The zero-order chi connectivity index (χ0) is 16.3. The summed E-state index contributed by atoms with van der Waals surface area (Å²) in [4.78, 5) is 25.6. The van der Waals surface area contributed by atoms with Gasteiger partial charge in [-0.05, 0) is 45.4 Å². The van der Waals surface area contributed by atoms with Gasteiger partial charge < -0.3 is 20.5 Å². The van der Waals surface area contributed by atoms with Crippen molar-refractivity contribution in [3.63, 3.8) is 0 Å². The molecule has 2 aliphatic rings. The Morgan fingerprint density at radius 3 is 2.45 bits per heavy atom. The number of piperidine rings is 1. The fourth-order valence-electron chi connectivity index (χ4n) is 3.40. The van der Waals surface area contributed by atoms with Crippen LogP contribution >= 0.6 is 0 Å². The molecule has 22 heavy (non-hydrogen) atoms. The number of likely N-dealkylation sites (tertiary alicyclic amines) is 1. The molecule has 0 bridgehead atoms. The van der Waals surface area contributed by atoms with E-state index in [4.69, 9.17) is 10.5 Å². The number of nitrogens with zero attached hydrogens (tertiary/aromatic N) is 1. The zero-order valence-corrected chi connectivity index (χ0v) is 13.6. The molecule has 2 saturated heterocycles. The van der Waals surface area contributed by atoms with E-state index >= 15 is 0 Å². The van der Waals surface area contributed by atoms with Crippen LogP contribution < -0.4 is 5.73 Å². The van der Waals surface area contributed by atoms with Crippen molar-refractivity contribution in [2.24, 2.45) is 23.0 Å². The SMILES string of the molecule is CC(C)(CO)C(=O)N1CCC(C[C@H]2OCC[C@H]2C(N)=O)CC1. The van der Waals surface area contributed by atoms with E-state index in [1.807, 2.05) is 4.90 Å². The lowest BCUT2D eigenvalue weighted by atomic mass is 9.85. The number of carbonyl (C=O) groups excluding carboxylic acids is 2. The van der Waals surface area contributed by atoms with E-state index in [1.165, 1.54) is 0 Å². The van der Waals surface area contributed by atoms with Crippen molar-refractivity contribution in [1.29, 1.82) is 0 Å². The Morgan fingerprint density at radius 2 is 1.91 bits per heavy atom. The maximum Gasteiger partial charge on any atom is 0.230 e. The van der Waals surface area contributed by atoms with Crippen LogP contribution in [-0.2, 0) is 14.3 Å². The summed E-state index contributed by atoms with van der Waals surface area (Å²) in [6.07, 6.45) is 3.34. The number of aliphatic hydroxyl groups is 1. The van der Waals surface area contributed by atoms with Crippen molar-refractivity contribution in [2.45, 2.75) is 45.6 Å². The highest BCUT2D eigenvalue weighted by Crippen LogP contribution is 2.31. The van der Waals surface area contributed by atoms with E-state index < -0.39 is 5.41 Å². The number of rotatable bonds is 5. The smallest absolute Gasteiger partial charge is 0.230 e. The van der Waals surface area contributed by atoms with Crippen LogP contribution in [0.15, 0.2) is 0 Å². The molecule has 3 N–H and O–H groups in total. The molecule has 0 aliphatic carbocycles. The second-order valence-corrected chi connectivity index (χ2v) is 7.22. The van der Waals surface area contributed by atoms with Gasteiger partial charge in [0.15, 0.2) is 0 Å². The van der Waals surface area contributed by atoms with E-state index in [0.29, 0.717) is 25.6 Å². The topological polar surface area (TPSA) is 92.9 Å². The van der Waals surface area contributed by atoms with E-state index in [1.54, 1.807) is 13.8 Å². The van der Waals surface area contributed by atoms with E-state index in [9.17, 15) is 14.7 Å². The minimum atomic E-state index is -0.710. The molecule has 2 fully saturated rings. The maximum atomic E-state index is 12.3. The molecule has 0 unspecified atom stereocenters. The lowest BCUT2D eigenvalue weighted by molar-refractivity contribution is -0.144. The van der Waals surface area contributed by atoms with E-state index in [-0.39, 0.29) is 30.4 Å². The van der Waals surface area contributed by atoms with Crippen LogP contribution in [0.4, 0.5) is 0 Å². The summed E-state index contributed by atoms with van der Waals surface area (Å²) >= 11 is 0. The van der Waals surface area contributed by atoms with Crippen molar-refractivity contribution in [1.82, 2.24) is 4.90 Å². The Bertz CT molecular complexity index is 416. The van der Waals surface area contributed by atoms with Crippen molar-refractivity contribution in [3.8, 4) is 0 Å². The van der Waals surface area contributed by atoms with Gasteiger partial charge in [-0.25, -0.2) is 0 Å². The lowest BCUT2D eigenvalue weighted by Gasteiger charge is -2.37. The second kappa shape index (κ2) is 6.96. The molecule has 0 aromatic carbocycles. The second-order valence-electron chi connectivity index (χ2n) is 7.22. The quantitative estimate of drug-likeness (QED) is 0.774. The molecule has 6 nitrogen and oxygen atoms in total. The van der Waals surface area contributed by atoms with E-state index in [0.717, 1.165) is 25.7 Å². The molecule has 2 amide bonds. The number of ether oxygens (including phenoxy) is 1. The number of hydrogen-bond donors (Lipinski definition) is 2. The molecule has 2 heterocycles. The van der Waals surface area contributed by atoms with Crippen LogP contribution in [0.2, 0.25) is 0 Å². The first kappa shape index (κ1) is 17.2. The van der Waals surface area contributed by atoms with Crippen LogP contribution in [0.5, 0.6) is 0 Å². The monoisotopic (exact) mass is 312 g/mol. The third kappa shape index (κ3) is 3.79. The zero-order valence-electron chi connectivity index (χ0n) is 13.6. The van der Waals surface area contributed by atoms with Gasteiger partial charge in [0.1, 0.15) is 0 Å². The molecular weight excluding hydrogens is 284 g/mol. The highest BCUT2D eigenvalue weighted by molar-refractivity contribution is 5.82. The van der Waals surface area contributed by atoms with Gasteiger partial charge in [-0.3, -0.25) is 9.59 Å². The van der Waals surface area contributed by atoms with Gasteiger partial charge in [0.25, 0.3) is 0 Å². The fourth-order valence-corrected chi connectivity index (χ4v) is 3.40. The summed E-state index contributed by atoms with van der Waals surface area (Å²) in [5, 5.41) is 9.31. The first-order valence-corrected chi connectivity index (χ1v) is 8.16. The van der Waals surface area contributed by atoms with E-state index in [2.05, 4.69) is 0 Å². The number of carbonyl (C=O) groups is 2. The number of aliphatic hydroxyl groups excluding tert-OH is 1. The average Bonchev–Trinajstić information content (AvgIpc) is 2.95. The molecule has 6 heteroatoms. The van der Waals surface area contributed by atoms with Gasteiger partial charge in [-0.15, -0.1) is 0 Å². The minimum absolute atomic E-state index is 0.0144. The highest BCUT2D eigenvalue weighted by Gasteiger charge is 2.37. The van der Waals surface area contributed by atoms with Crippen LogP contribution in [0.25, 0.3) is 0 Å². The van der Waals surface area contributed by atoms with Gasteiger partial charge in [0.05, 0.1) is 24.0 Å². The molecule has 0 radical (unpaired) electrons. The summed E-state index contributed by atoms with van der Waals surface area (Å²) in [6.45, 7) is 5.43. The third-order valence-corrected chi connectivity index (χ3v) is 5.02. The molecule has 0 spiro atoms. The lowest BCUT2D eigenvalue weighted by Crippen LogP contribution is -2.47. The summed E-state index contributed by atoms with van der Waals surface area (Å²) < 4.78 is 5.66. The largest absolute Gasteiger partial charge is 0.395 e. The van der Waals surface area contributed by atoms with Crippen molar-refractivity contribution >= 4 is 11.8 Å². The number of nitrogens with two attached hydrogens (primary N) is 1. The van der Waals surface area contributed by atoms with Gasteiger partial charge in [0.2, 0.25) is 11.8 Å². The summed E-state index contributed by atoms with van der Waals surface area (Å²) in [7, 11) is 0. The minimum Gasteiger partial charge on any atom is -0.395 e. The Morgan fingerprint density at radius 1 is 1.27 bits per heavy atom. The summed E-state index contributed by atoms with van der Waals surface area (Å²) in [5.41, 5.74) is 4.71. The number of hydrogen-bond acceptors (Lipinski definition) is 4. The summed E-state index contributed by atoms with van der Waals surface area (Å²) in [6, 6.07) is 0. The highest BCUT2D eigenvalue weighted by atomic mass is 16.5. The normalized spacial score (nSPS) is 27.1. The first-order valence-electron chi connectivity index (χ1n) is 8.16.